The van der Waals surface area contributed by atoms with Gasteiger partial charge in [-0.05, 0) is 24.1 Å². The second-order valence-electron chi connectivity index (χ2n) is 8.17. The molecule has 15 heteroatoms. The third-order valence-corrected chi connectivity index (χ3v) is 5.51. The Labute approximate surface area is 201 Å². The lowest BCUT2D eigenvalue weighted by molar-refractivity contribution is -0.138. The van der Waals surface area contributed by atoms with E-state index < -0.39 is 60.1 Å². The highest BCUT2D eigenvalue weighted by molar-refractivity contribution is 6.08. The Balaban J connectivity index is 1.90. The second kappa shape index (κ2) is 10.5. The van der Waals surface area contributed by atoms with Gasteiger partial charge in [-0.1, -0.05) is 12.1 Å². The molecule has 1 amide bonds. The van der Waals surface area contributed by atoms with Crippen molar-refractivity contribution in [3.8, 4) is 0 Å². The highest BCUT2D eigenvalue weighted by atomic mass is 19.4. The summed E-state index contributed by atoms with van der Waals surface area (Å²) in [5, 5.41) is 17.7. The van der Waals surface area contributed by atoms with E-state index >= 15 is 0 Å². The number of piperidine rings is 1. The smallest absolute Gasteiger partial charge is 0.352 e. The SMILES string of the molecule is CN/N=N\C(=N)c1ccc(F)cc1C(=O)N1CC(F)(F)C[C@@H](C)C1CNc1ncc(C(F)(F)F)cn1. The molecule has 2 atom stereocenters. The minimum Gasteiger partial charge on any atom is -0.352 e. The molecular formula is C21H22F6N8O. The molecule has 3 N–H and O–H groups in total. The van der Waals surface area contributed by atoms with Crippen LogP contribution in [0.15, 0.2) is 40.9 Å². The number of carbonyl (C=O) groups excluding carboxylic acids is 1. The molecule has 194 valence electrons. The summed E-state index contributed by atoms with van der Waals surface area (Å²) >= 11 is 0. The molecule has 0 bridgehead atoms. The summed E-state index contributed by atoms with van der Waals surface area (Å²) < 4.78 is 81.2. The number of carbonyl (C=O) groups is 1. The van der Waals surface area contributed by atoms with Crippen LogP contribution in [0.25, 0.3) is 0 Å². The predicted molar refractivity (Wildman–Crippen MR) is 116 cm³/mol. The Bertz CT molecular complexity index is 1140. The van der Waals surface area contributed by atoms with Crippen LogP contribution in [0.3, 0.4) is 0 Å². The van der Waals surface area contributed by atoms with Gasteiger partial charge in [0, 0.05) is 38.0 Å². The van der Waals surface area contributed by atoms with Crippen molar-refractivity contribution in [1.29, 1.82) is 5.41 Å². The first-order valence-electron chi connectivity index (χ1n) is 10.6. The average molecular weight is 516 g/mol. The van der Waals surface area contributed by atoms with Crippen molar-refractivity contribution in [2.24, 2.45) is 16.3 Å². The normalized spacial score (nSPS) is 19.8. The topological polar surface area (TPSA) is 119 Å². The number of benzene rings is 1. The molecular weight excluding hydrogens is 494 g/mol. The maximum absolute atomic E-state index is 14.5. The Kier molecular flexibility index (Phi) is 7.79. The molecule has 1 saturated heterocycles. The van der Waals surface area contributed by atoms with Crippen LogP contribution in [0, 0.1) is 17.1 Å². The van der Waals surface area contributed by atoms with Gasteiger partial charge in [0.15, 0.2) is 5.84 Å². The zero-order valence-electron chi connectivity index (χ0n) is 19.1. The van der Waals surface area contributed by atoms with E-state index in [1.54, 1.807) is 0 Å². The van der Waals surface area contributed by atoms with Crippen LogP contribution in [-0.2, 0) is 6.18 Å². The van der Waals surface area contributed by atoms with E-state index in [2.05, 4.69) is 31.0 Å². The minimum absolute atomic E-state index is 0.125. The third kappa shape index (κ3) is 6.26. The number of likely N-dealkylation sites (tertiary alicyclic amines) is 1. The Morgan fingerprint density at radius 2 is 1.92 bits per heavy atom. The number of amides is 1. The van der Waals surface area contributed by atoms with Gasteiger partial charge in [-0.15, -0.1) is 5.11 Å². The van der Waals surface area contributed by atoms with Crippen LogP contribution < -0.4 is 10.7 Å². The van der Waals surface area contributed by atoms with Crippen molar-refractivity contribution in [2.75, 3.05) is 25.5 Å². The van der Waals surface area contributed by atoms with Gasteiger partial charge in [-0.2, -0.15) is 13.2 Å². The van der Waals surface area contributed by atoms with Gasteiger partial charge in [0.2, 0.25) is 5.95 Å². The first kappa shape index (κ1) is 26.8. The maximum atomic E-state index is 14.5. The van der Waals surface area contributed by atoms with Crippen molar-refractivity contribution >= 4 is 17.7 Å². The van der Waals surface area contributed by atoms with Crippen molar-refractivity contribution < 1.29 is 31.1 Å². The van der Waals surface area contributed by atoms with Gasteiger partial charge < -0.3 is 10.2 Å². The van der Waals surface area contributed by atoms with Crippen molar-refractivity contribution in [2.45, 2.75) is 31.5 Å². The van der Waals surface area contributed by atoms with Crippen molar-refractivity contribution in [3.05, 3.63) is 53.1 Å². The molecule has 1 aromatic carbocycles. The Morgan fingerprint density at radius 3 is 2.53 bits per heavy atom. The fourth-order valence-corrected chi connectivity index (χ4v) is 3.85. The van der Waals surface area contributed by atoms with E-state index in [0.717, 1.165) is 23.1 Å². The molecule has 1 unspecified atom stereocenters. The fourth-order valence-electron chi connectivity index (χ4n) is 3.85. The zero-order valence-corrected chi connectivity index (χ0v) is 19.1. The van der Waals surface area contributed by atoms with Crippen molar-refractivity contribution in [3.63, 3.8) is 0 Å². The number of nitrogens with zero attached hydrogens (tertiary/aromatic N) is 5. The second-order valence-corrected chi connectivity index (χ2v) is 8.17. The predicted octanol–water partition coefficient (Wildman–Crippen LogP) is 4.14. The van der Waals surface area contributed by atoms with Gasteiger partial charge in [-0.3, -0.25) is 15.6 Å². The quantitative estimate of drug-likeness (QED) is 0.175. The summed E-state index contributed by atoms with van der Waals surface area (Å²) in [5.74, 6) is -6.51. The molecule has 1 aromatic heterocycles. The number of alkyl halides is 5. The van der Waals surface area contributed by atoms with E-state index in [1.165, 1.54) is 14.0 Å². The number of amidine groups is 1. The van der Waals surface area contributed by atoms with E-state index in [-0.39, 0.29) is 23.6 Å². The van der Waals surface area contributed by atoms with E-state index in [1.807, 2.05) is 0 Å². The number of hydrogen-bond acceptors (Lipinski definition) is 6. The molecule has 36 heavy (non-hydrogen) atoms. The number of nitrogens with one attached hydrogen (secondary N) is 3. The number of anilines is 1. The van der Waals surface area contributed by atoms with Crippen LogP contribution in [0.4, 0.5) is 32.3 Å². The van der Waals surface area contributed by atoms with Crippen LogP contribution in [0.2, 0.25) is 0 Å². The van der Waals surface area contributed by atoms with Crippen LogP contribution >= 0.6 is 0 Å². The number of rotatable bonds is 6. The summed E-state index contributed by atoms with van der Waals surface area (Å²) in [5.41, 5.74) is 0.773. The Morgan fingerprint density at radius 1 is 1.25 bits per heavy atom. The van der Waals surface area contributed by atoms with Gasteiger partial charge in [0.25, 0.3) is 11.8 Å². The molecule has 2 heterocycles. The summed E-state index contributed by atoms with van der Waals surface area (Å²) in [4.78, 5) is 21.4. The summed E-state index contributed by atoms with van der Waals surface area (Å²) in [6.45, 7) is 0.330. The van der Waals surface area contributed by atoms with Gasteiger partial charge in [0.05, 0.1) is 23.7 Å². The Hall–Kier alpha value is -3.78. The first-order chi connectivity index (χ1) is 16.8. The molecule has 1 fully saturated rings. The largest absolute Gasteiger partial charge is 0.419 e. The molecule has 1 aliphatic rings. The number of halogens is 6. The average Bonchev–Trinajstić information content (AvgIpc) is 2.80. The maximum Gasteiger partial charge on any atom is 0.419 e. The van der Waals surface area contributed by atoms with Crippen LogP contribution in [-0.4, -0.2) is 58.7 Å². The molecule has 0 radical (unpaired) electrons. The zero-order chi connectivity index (χ0) is 26.7. The lowest BCUT2D eigenvalue weighted by Gasteiger charge is -2.43. The molecule has 2 aromatic rings. The molecule has 9 nitrogen and oxygen atoms in total. The number of hydrogen-bond donors (Lipinski definition) is 3. The van der Waals surface area contributed by atoms with E-state index in [0.29, 0.717) is 12.4 Å². The lowest BCUT2D eigenvalue weighted by Crippen LogP contribution is -2.57. The summed E-state index contributed by atoms with van der Waals surface area (Å²) in [6, 6.07) is 2.05. The highest BCUT2D eigenvalue weighted by Gasteiger charge is 2.46. The van der Waals surface area contributed by atoms with Gasteiger partial charge >= 0.3 is 6.18 Å². The minimum atomic E-state index is -4.63. The van der Waals surface area contributed by atoms with Crippen LogP contribution in [0.1, 0.15) is 34.8 Å². The molecule has 3 rings (SSSR count). The summed E-state index contributed by atoms with van der Waals surface area (Å²) in [7, 11) is 1.42. The van der Waals surface area contributed by atoms with Gasteiger partial charge in [0.1, 0.15) is 5.82 Å². The van der Waals surface area contributed by atoms with Gasteiger partial charge in [-0.25, -0.2) is 23.1 Å². The molecule has 0 aliphatic carbocycles. The lowest BCUT2D eigenvalue weighted by atomic mass is 9.87. The first-order valence-corrected chi connectivity index (χ1v) is 10.6. The standard InChI is InChI=1S/C21H22F6N8O/c1-11-6-20(23,24)10-35(16(11)9-32-19-30-7-12(8-31-19)21(25,26)27)18(36)15-5-13(22)3-4-14(15)17(28)33-34-29-2/h3-5,7-8,11,16H,6,9-10H2,1-2H3,(H2,28,29,33)(H,30,31,32)/t11-,16?/m1/s1. The highest BCUT2D eigenvalue weighted by Crippen LogP contribution is 2.36. The molecule has 0 spiro atoms. The monoisotopic (exact) mass is 516 g/mol. The molecule has 1 aliphatic heterocycles. The van der Waals surface area contributed by atoms with E-state index in [9.17, 15) is 31.1 Å². The van der Waals surface area contributed by atoms with Crippen LogP contribution in [0.5, 0.6) is 0 Å². The molecule has 0 saturated carbocycles. The number of aromatic nitrogens is 2. The fraction of sp³-hybridized carbons (Fsp3) is 0.429. The summed E-state index contributed by atoms with van der Waals surface area (Å²) in [6.07, 6.45) is -4.05. The third-order valence-electron chi connectivity index (χ3n) is 5.51. The van der Waals surface area contributed by atoms with Crippen molar-refractivity contribution in [1.82, 2.24) is 20.3 Å². The van der Waals surface area contributed by atoms with E-state index in [4.69, 9.17) is 5.41 Å².